The monoisotopic (exact) mass is 297 g/mol. The van der Waals surface area contributed by atoms with Crippen LogP contribution >= 0.6 is 11.6 Å². The molecule has 0 aliphatic carbocycles. The van der Waals surface area contributed by atoms with Crippen molar-refractivity contribution in [2.75, 3.05) is 12.5 Å². The molecule has 0 saturated heterocycles. The Labute approximate surface area is 103 Å². The summed E-state index contributed by atoms with van der Waals surface area (Å²) >= 11 is 5.19. The highest BCUT2D eigenvalue weighted by Gasteiger charge is 2.19. The van der Waals surface area contributed by atoms with Gasteiger partial charge in [0.25, 0.3) is 5.24 Å². The lowest BCUT2D eigenvalue weighted by molar-refractivity contribution is 0.108. The molecule has 0 amide bonds. The molecule has 0 aliphatic rings. The predicted octanol–water partition coefficient (Wildman–Crippen LogP) is 0.268. The van der Waals surface area contributed by atoms with Gasteiger partial charge in [0.05, 0.1) is 0 Å². The molecule has 0 radical (unpaired) electrons. The smallest absolute Gasteiger partial charge is 0.252 e. The van der Waals surface area contributed by atoms with Crippen LogP contribution < -0.4 is 0 Å². The summed E-state index contributed by atoms with van der Waals surface area (Å²) in [6.45, 7) is 0. The summed E-state index contributed by atoms with van der Waals surface area (Å²) in [5, 5.41) is -1.98. The molecule has 94 valence electrons. The van der Waals surface area contributed by atoms with Crippen molar-refractivity contribution in [2.24, 2.45) is 0 Å². The molecule has 1 aromatic rings. The second kappa shape index (κ2) is 4.35. The highest BCUT2D eigenvalue weighted by molar-refractivity contribution is 7.91. The van der Waals surface area contributed by atoms with E-state index >= 15 is 0 Å². The van der Waals surface area contributed by atoms with Gasteiger partial charge < -0.3 is 0 Å². The van der Waals surface area contributed by atoms with Gasteiger partial charge in [0, 0.05) is 18.1 Å². The van der Waals surface area contributed by atoms with Gasteiger partial charge in [-0.25, -0.2) is 21.8 Å². The molecule has 1 heterocycles. The number of halogens is 1. The summed E-state index contributed by atoms with van der Waals surface area (Å²) in [5.41, 5.74) is -0.234. The highest BCUT2D eigenvalue weighted by atomic mass is 35.5. The molecule has 0 spiro atoms. The number of carbonyl (C=O) groups is 1. The first-order valence-corrected chi connectivity index (χ1v) is 8.30. The van der Waals surface area contributed by atoms with E-state index in [-0.39, 0.29) is 5.56 Å². The topological polar surface area (TPSA) is 98.2 Å². The first-order valence-electron chi connectivity index (χ1n) is 4.14. The van der Waals surface area contributed by atoms with Crippen LogP contribution in [0.3, 0.4) is 0 Å². The van der Waals surface area contributed by atoms with E-state index in [9.17, 15) is 21.6 Å². The summed E-state index contributed by atoms with van der Waals surface area (Å²) in [4.78, 5) is 14.4. The van der Waals surface area contributed by atoms with Crippen molar-refractivity contribution in [3.05, 3.63) is 17.7 Å². The molecule has 0 N–H and O–H groups in total. The minimum atomic E-state index is -3.73. The Morgan fingerprint density at radius 1 is 1.06 bits per heavy atom. The fourth-order valence-corrected chi connectivity index (χ4v) is 2.35. The molecule has 0 unspecified atom stereocenters. The average molecular weight is 298 g/mol. The van der Waals surface area contributed by atoms with Crippen LogP contribution in [-0.2, 0) is 19.7 Å². The number of nitrogens with zero attached hydrogens (tertiary/aromatic N) is 1. The Morgan fingerprint density at radius 2 is 1.41 bits per heavy atom. The molecule has 1 rings (SSSR count). The number of sulfone groups is 2. The zero-order valence-electron chi connectivity index (χ0n) is 8.84. The number of hydrogen-bond donors (Lipinski definition) is 0. The lowest BCUT2D eigenvalue weighted by Crippen LogP contribution is -2.09. The summed E-state index contributed by atoms with van der Waals surface area (Å²) < 4.78 is 45.1. The summed E-state index contributed by atoms with van der Waals surface area (Å²) in [7, 11) is -7.46. The van der Waals surface area contributed by atoms with Crippen molar-refractivity contribution >= 4 is 36.5 Å². The van der Waals surface area contributed by atoms with Crippen LogP contribution in [0, 0.1) is 0 Å². The highest BCUT2D eigenvalue weighted by Crippen LogP contribution is 2.16. The molecule has 1 aromatic heterocycles. The molecular formula is C8H8ClNO5S2. The molecule has 0 fully saturated rings. The molecule has 0 atom stereocenters. The van der Waals surface area contributed by atoms with Crippen LogP contribution in [0.1, 0.15) is 10.4 Å². The van der Waals surface area contributed by atoms with Crippen LogP contribution in [0.2, 0.25) is 0 Å². The summed E-state index contributed by atoms with van der Waals surface area (Å²) in [6.07, 6.45) is 1.70. The maximum Gasteiger partial charge on any atom is 0.252 e. The van der Waals surface area contributed by atoms with Crippen molar-refractivity contribution < 1.29 is 21.6 Å². The SMILES string of the molecule is CS(=O)(=O)c1cc(C(=O)Cl)cc(S(C)(=O)=O)n1. The van der Waals surface area contributed by atoms with Crippen molar-refractivity contribution in [2.45, 2.75) is 10.1 Å². The number of hydrogen-bond acceptors (Lipinski definition) is 6. The normalized spacial score (nSPS) is 12.4. The fourth-order valence-electron chi connectivity index (χ4n) is 0.974. The second-order valence-corrected chi connectivity index (χ2v) is 7.62. The number of pyridine rings is 1. The molecular weight excluding hydrogens is 290 g/mol. The fraction of sp³-hybridized carbons (Fsp3) is 0.250. The van der Waals surface area contributed by atoms with Gasteiger partial charge in [0.1, 0.15) is 0 Å². The summed E-state index contributed by atoms with van der Waals surface area (Å²) in [5.74, 6) is 0. The number of carbonyl (C=O) groups excluding carboxylic acids is 1. The molecule has 0 saturated carbocycles. The Kier molecular flexibility index (Phi) is 3.60. The maximum absolute atomic E-state index is 11.3. The third kappa shape index (κ3) is 3.48. The lowest BCUT2D eigenvalue weighted by atomic mass is 10.3. The van der Waals surface area contributed by atoms with Crippen LogP contribution in [0.4, 0.5) is 0 Å². The van der Waals surface area contributed by atoms with Gasteiger partial charge in [-0.3, -0.25) is 4.79 Å². The molecule has 9 heteroatoms. The zero-order valence-corrected chi connectivity index (χ0v) is 11.2. The first kappa shape index (κ1) is 14.1. The van der Waals surface area contributed by atoms with E-state index in [0.29, 0.717) is 0 Å². The lowest BCUT2D eigenvalue weighted by Gasteiger charge is -2.03. The molecule has 17 heavy (non-hydrogen) atoms. The van der Waals surface area contributed by atoms with E-state index in [0.717, 1.165) is 24.6 Å². The molecule has 0 aliphatic heterocycles. The van der Waals surface area contributed by atoms with E-state index in [1.54, 1.807) is 0 Å². The second-order valence-electron chi connectivity index (χ2n) is 3.35. The van der Waals surface area contributed by atoms with Gasteiger partial charge in [-0.15, -0.1) is 0 Å². The Balaban J connectivity index is 3.68. The van der Waals surface area contributed by atoms with Gasteiger partial charge in [0.2, 0.25) is 0 Å². The van der Waals surface area contributed by atoms with Crippen LogP contribution in [-0.4, -0.2) is 39.6 Å². The van der Waals surface area contributed by atoms with Gasteiger partial charge in [-0.05, 0) is 23.7 Å². The van der Waals surface area contributed by atoms with Crippen molar-refractivity contribution in [3.63, 3.8) is 0 Å². The minimum Gasteiger partial charge on any atom is -0.276 e. The minimum absolute atomic E-state index is 0.234. The van der Waals surface area contributed by atoms with Crippen molar-refractivity contribution in [3.8, 4) is 0 Å². The Bertz CT molecular complexity index is 628. The van der Waals surface area contributed by atoms with E-state index < -0.39 is 35.0 Å². The zero-order chi connectivity index (χ0) is 13.4. The predicted molar refractivity (Wildman–Crippen MR) is 60.6 cm³/mol. The maximum atomic E-state index is 11.3. The first-order chi connectivity index (χ1) is 7.51. The quantitative estimate of drug-likeness (QED) is 0.743. The third-order valence-corrected chi connectivity index (χ3v) is 3.92. The van der Waals surface area contributed by atoms with Gasteiger partial charge in [0.15, 0.2) is 29.7 Å². The van der Waals surface area contributed by atoms with Crippen molar-refractivity contribution in [1.82, 2.24) is 4.98 Å². The van der Waals surface area contributed by atoms with E-state index in [2.05, 4.69) is 4.98 Å². The number of aromatic nitrogens is 1. The number of rotatable bonds is 3. The molecule has 6 nitrogen and oxygen atoms in total. The summed E-state index contributed by atoms with van der Waals surface area (Å²) in [6, 6.07) is 1.86. The van der Waals surface area contributed by atoms with E-state index in [1.807, 2.05) is 0 Å². The molecule has 0 aromatic carbocycles. The van der Waals surface area contributed by atoms with E-state index in [1.165, 1.54) is 0 Å². The van der Waals surface area contributed by atoms with Crippen LogP contribution in [0.15, 0.2) is 22.2 Å². The Hall–Kier alpha value is -0.990. The van der Waals surface area contributed by atoms with Gasteiger partial charge in [-0.1, -0.05) is 0 Å². The third-order valence-electron chi connectivity index (χ3n) is 1.77. The van der Waals surface area contributed by atoms with E-state index in [4.69, 9.17) is 11.6 Å². The standard InChI is InChI=1S/C8H8ClNO5S2/c1-16(12,13)6-3-5(8(9)11)4-7(10-6)17(2,14)15/h3-4H,1-2H3. The van der Waals surface area contributed by atoms with Crippen LogP contribution in [0.5, 0.6) is 0 Å². The van der Waals surface area contributed by atoms with Crippen molar-refractivity contribution in [1.29, 1.82) is 0 Å². The Morgan fingerprint density at radius 3 is 1.65 bits per heavy atom. The van der Waals surface area contributed by atoms with Gasteiger partial charge >= 0.3 is 0 Å². The average Bonchev–Trinajstić information content (AvgIpc) is 2.14. The molecule has 0 bridgehead atoms. The van der Waals surface area contributed by atoms with Gasteiger partial charge in [-0.2, -0.15) is 0 Å². The van der Waals surface area contributed by atoms with Crippen LogP contribution in [0.25, 0.3) is 0 Å². The largest absolute Gasteiger partial charge is 0.276 e.